The van der Waals surface area contributed by atoms with Crippen molar-refractivity contribution in [1.82, 2.24) is 15.5 Å². The molecule has 2 N–H and O–H groups in total. The maximum Gasteiger partial charge on any atom is 0.248 e. The third-order valence-corrected chi connectivity index (χ3v) is 6.09. The number of aromatic nitrogens is 2. The molecule has 0 spiro atoms. The molecule has 1 aromatic heterocycles. The van der Waals surface area contributed by atoms with Crippen molar-refractivity contribution in [2.45, 2.75) is 91.0 Å². The van der Waals surface area contributed by atoms with E-state index < -0.39 is 6.04 Å². The standard InChI is InChI=1S/C24H36N4O2S/c1-4-5-6-7-8-9-10-11-12-16-21(29)25-19(3)22(30)26-24-28-27-23(31-24)20-15-13-14-18(2)17-20/h13-15,17,19H,4-12,16H2,1-3H3,(H,25,29)(H,26,28,30). The van der Waals surface area contributed by atoms with Crippen molar-refractivity contribution in [1.29, 1.82) is 0 Å². The number of hydrogen-bond donors (Lipinski definition) is 2. The van der Waals surface area contributed by atoms with Crippen LogP contribution in [0.1, 0.15) is 83.6 Å². The highest BCUT2D eigenvalue weighted by Gasteiger charge is 2.17. The predicted molar refractivity (Wildman–Crippen MR) is 128 cm³/mol. The second kappa shape index (κ2) is 13.9. The van der Waals surface area contributed by atoms with Crippen LogP contribution in [0.3, 0.4) is 0 Å². The van der Waals surface area contributed by atoms with Crippen LogP contribution in [0.2, 0.25) is 0 Å². The highest BCUT2D eigenvalue weighted by molar-refractivity contribution is 7.18. The van der Waals surface area contributed by atoms with Crippen molar-refractivity contribution in [2.75, 3.05) is 5.32 Å². The van der Waals surface area contributed by atoms with Crippen molar-refractivity contribution < 1.29 is 9.59 Å². The lowest BCUT2D eigenvalue weighted by Gasteiger charge is -2.12. The van der Waals surface area contributed by atoms with Crippen molar-refractivity contribution in [3.8, 4) is 10.6 Å². The predicted octanol–water partition coefficient (Wildman–Crippen LogP) is 5.88. The van der Waals surface area contributed by atoms with E-state index in [1.54, 1.807) is 6.92 Å². The highest BCUT2D eigenvalue weighted by Crippen LogP contribution is 2.26. The van der Waals surface area contributed by atoms with Gasteiger partial charge in [0.2, 0.25) is 16.9 Å². The third-order valence-electron chi connectivity index (χ3n) is 5.20. The fourth-order valence-corrected chi connectivity index (χ4v) is 4.10. The summed E-state index contributed by atoms with van der Waals surface area (Å²) >= 11 is 1.32. The number of nitrogens with zero attached hydrogens (tertiary/aromatic N) is 2. The Hall–Kier alpha value is -2.28. The normalized spacial score (nSPS) is 11.8. The molecule has 1 atom stereocenters. The van der Waals surface area contributed by atoms with E-state index in [9.17, 15) is 9.59 Å². The Bertz CT molecular complexity index is 821. The highest BCUT2D eigenvalue weighted by atomic mass is 32.1. The first-order valence-electron chi connectivity index (χ1n) is 11.5. The van der Waals surface area contributed by atoms with Crippen molar-refractivity contribution in [3.05, 3.63) is 29.8 Å². The summed E-state index contributed by atoms with van der Waals surface area (Å²) < 4.78 is 0. The van der Waals surface area contributed by atoms with Gasteiger partial charge in [-0.1, -0.05) is 93.4 Å². The average molecular weight is 445 g/mol. The number of anilines is 1. The van der Waals surface area contributed by atoms with Crippen LogP contribution in [-0.2, 0) is 9.59 Å². The van der Waals surface area contributed by atoms with Crippen molar-refractivity contribution in [3.63, 3.8) is 0 Å². The number of unbranched alkanes of at least 4 members (excludes halogenated alkanes) is 8. The SMILES string of the molecule is CCCCCCCCCCCC(=O)NC(C)C(=O)Nc1nnc(-c2cccc(C)c2)s1. The molecule has 6 nitrogen and oxygen atoms in total. The molecular weight excluding hydrogens is 408 g/mol. The van der Waals surface area contributed by atoms with Crippen LogP contribution in [-0.4, -0.2) is 28.1 Å². The number of carbonyl (C=O) groups excluding carboxylic acids is 2. The van der Waals surface area contributed by atoms with Gasteiger partial charge in [-0.25, -0.2) is 0 Å². The van der Waals surface area contributed by atoms with Crippen LogP contribution >= 0.6 is 11.3 Å². The zero-order valence-electron chi connectivity index (χ0n) is 19.1. The minimum Gasteiger partial charge on any atom is -0.345 e. The first-order chi connectivity index (χ1) is 15.0. The number of rotatable bonds is 14. The lowest BCUT2D eigenvalue weighted by molar-refractivity contribution is -0.126. The van der Waals surface area contributed by atoms with Gasteiger partial charge in [-0.3, -0.25) is 14.9 Å². The molecule has 0 aliphatic heterocycles. The van der Waals surface area contributed by atoms with E-state index in [0.29, 0.717) is 11.6 Å². The van der Waals surface area contributed by atoms with E-state index in [0.717, 1.165) is 29.0 Å². The molecule has 0 radical (unpaired) electrons. The molecule has 1 heterocycles. The van der Waals surface area contributed by atoms with Gasteiger partial charge in [0.25, 0.3) is 0 Å². The lowest BCUT2D eigenvalue weighted by Crippen LogP contribution is -2.41. The molecule has 0 aliphatic rings. The van der Waals surface area contributed by atoms with Crippen LogP contribution in [0, 0.1) is 6.92 Å². The van der Waals surface area contributed by atoms with Gasteiger partial charge in [-0.2, -0.15) is 0 Å². The molecule has 0 saturated heterocycles. The summed E-state index contributed by atoms with van der Waals surface area (Å²) in [5, 5.41) is 14.9. The molecule has 0 aliphatic carbocycles. The number of benzene rings is 1. The Kier molecular flexibility index (Phi) is 11.2. The second-order valence-corrected chi connectivity index (χ2v) is 9.12. The molecule has 1 unspecified atom stereocenters. The topological polar surface area (TPSA) is 84.0 Å². The van der Waals surface area contributed by atoms with Gasteiger partial charge >= 0.3 is 0 Å². The summed E-state index contributed by atoms with van der Waals surface area (Å²) in [6.45, 7) is 5.94. The summed E-state index contributed by atoms with van der Waals surface area (Å²) in [7, 11) is 0. The van der Waals surface area contributed by atoms with E-state index in [1.165, 1.54) is 56.3 Å². The van der Waals surface area contributed by atoms with Crippen LogP contribution in [0.15, 0.2) is 24.3 Å². The van der Waals surface area contributed by atoms with Crippen LogP contribution in [0.4, 0.5) is 5.13 Å². The fraction of sp³-hybridized carbons (Fsp3) is 0.583. The average Bonchev–Trinajstić information content (AvgIpc) is 3.21. The molecule has 2 amide bonds. The lowest BCUT2D eigenvalue weighted by atomic mass is 10.1. The first-order valence-corrected chi connectivity index (χ1v) is 12.3. The largest absolute Gasteiger partial charge is 0.345 e. The van der Waals surface area contributed by atoms with Gasteiger partial charge in [-0.15, -0.1) is 10.2 Å². The molecule has 1 aromatic carbocycles. The van der Waals surface area contributed by atoms with Crippen LogP contribution in [0.25, 0.3) is 10.6 Å². The Morgan fingerprint density at radius 1 is 1.00 bits per heavy atom. The van der Waals surface area contributed by atoms with Gasteiger partial charge in [0, 0.05) is 12.0 Å². The minimum absolute atomic E-state index is 0.0803. The maximum atomic E-state index is 12.4. The number of carbonyl (C=O) groups is 2. The van der Waals surface area contributed by atoms with Gasteiger partial charge in [-0.05, 0) is 26.3 Å². The van der Waals surface area contributed by atoms with Crippen LogP contribution < -0.4 is 10.6 Å². The summed E-state index contributed by atoms with van der Waals surface area (Å²) in [6, 6.07) is 7.37. The van der Waals surface area contributed by atoms with E-state index in [1.807, 2.05) is 31.2 Å². The zero-order valence-corrected chi connectivity index (χ0v) is 19.9. The number of amides is 2. The zero-order chi connectivity index (χ0) is 22.5. The Labute approximate surface area is 190 Å². The Balaban J connectivity index is 1.64. The number of hydrogen-bond acceptors (Lipinski definition) is 5. The summed E-state index contributed by atoms with van der Waals surface area (Å²) in [5.41, 5.74) is 2.11. The molecule has 0 saturated carbocycles. The smallest absolute Gasteiger partial charge is 0.248 e. The van der Waals surface area contributed by atoms with E-state index in [4.69, 9.17) is 0 Å². The van der Waals surface area contributed by atoms with Crippen molar-refractivity contribution >= 4 is 28.3 Å². The van der Waals surface area contributed by atoms with Gasteiger partial charge in [0.05, 0.1) is 0 Å². The molecular formula is C24H36N4O2S. The summed E-state index contributed by atoms with van der Waals surface area (Å²) in [5.74, 6) is -0.365. The minimum atomic E-state index is -0.614. The van der Waals surface area contributed by atoms with Gasteiger partial charge in [0.15, 0.2) is 0 Å². The molecule has 2 aromatic rings. The monoisotopic (exact) mass is 444 g/mol. The number of aryl methyl sites for hydroxylation is 1. The van der Waals surface area contributed by atoms with Gasteiger partial charge in [0.1, 0.15) is 11.0 Å². The molecule has 0 bridgehead atoms. The third kappa shape index (κ3) is 9.59. The molecule has 7 heteroatoms. The van der Waals surface area contributed by atoms with E-state index in [-0.39, 0.29) is 11.8 Å². The van der Waals surface area contributed by atoms with Crippen LogP contribution in [0.5, 0.6) is 0 Å². The maximum absolute atomic E-state index is 12.4. The molecule has 0 fully saturated rings. The molecule has 31 heavy (non-hydrogen) atoms. The van der Waals surface area contributed by atoms with E-state index >= 15 is 0 Å². The Morgan fingerprint density at radius 2 is 1.68 bits per heavy atom. The summed E-state index contributed by atoms with van der Waals surface area (Å²) in [4.78, 5) is 24.5. The van der Waals surface area contributed by atoms with Crippen molar-refractivity contribution in [2.24, 2.45) is 0 Å². The molecule has 170 valence electrons. The first kappa shape index (κ1) is 25.0. The van der Waals surface area contributed by atoms with Gasteiger partial charge < -0.3 is 5.32 Å². The fourth-order valence-electron chi connectivity index (χ4n) is 3.36. The second-order valence-electron chi connectivity index (χ2n) is 8.14. The number of nitrogens with one attached hydrogen (secondary N) is 2. The summed E-state index contributed by atoms with van der Waals surface area (Å²) in [6.07, 6.45) is 11.4. The Morgan fingerprint density at radius 3 is 2.35 bits per heavy atom. The quantitative estimate of drug-likeness (QED) is 0.357. The molecule has 2 rings (SSSR count). The van der Waals surface area contributed by atoms with E-state index in [2.05, 4.69) is 27.8 Å².